The number of carbonyl (C=O) groups excluding carboxylic acids is 3. The second kappa shape index (κ2) is 10.9. The lowest BCUT2D eigenvalue weighted by Crippen LogP contribution is -2.51. The zero-order chi connectivity index (χ0) is 22.2. The average Bonchev–Trinajstić information content (AvgIpc) is 3.18. The van der Waals surface area contributed by atoms with Gasteiger partial charge in [-0.15, -0.1) is 0 Å². The lowest BCUT2D eigenvalue weighted by molar-refractivity contribution is -0.153. The van der Waals surface area contributed by atoms with Gasteiger partial charge in [0.05, 0.1) is 19.8 Å². The molecule has 1 fully saturated rings. The lowest BCUT2D eigenvalue weighted by atomic mass is 10.0. The Balaban J connectivity index is 1.74. The number of aliphatic hydroxyl groups is 1. The van der Waals surface area contributed by atoms with E-state index in [0.29, 0.717) is 18.8 Å². The number of benzene rings is 1. The number of aliphatic hydroxyl groups excluding tert-OH is 1. The number of allylic oxidation sites excluding steroid dienone is 1. The van der Waals surface area contributed by atoms with Crippen LogP contribution in [0.2, 0.25) is 0 Å². The number of hydrogen-bond donors (Lipinski definition) is 1. The molecule has 1 aromatic rings. The van der Waals surface area contributed by atoms with Crippen molar-refractivity contribution in [1.29, 1.82) is 0 Å². The molecule has 166 valence electrons. The Hall–Kier alpha value is -3.01. The number of nitrogens with zero attached hydrogens (tertiary/aromatic N) is 1. The number of imide groups is 1. The van der Waals surface area contributed by atoms with Crippen LogP contribution in [-0.4, -0.2) is 73.5 Å². The summed E-state index contributed by atoms with van der Waals surface area (Å²) < 4.78 is 21.3. The van der Waals surface area contributed by atoms with Gasteiger partial charge in [-0.2, -0.15) is 0 Å². The van der Waals surface area contributed by atoms with Gasteiger partial charge in [0.2, 0.25) is 0 Å². The molecule has 31 heavy (non-hydrogen) atoms. The minimum atomic E-state index is -1.33. The Kier molecular flexibility index (Phi) is 7.94. The first-order valence-corrected chi connectivity index (χ1v) is 9.91. The number of methoxy groups -OCH3 is 1. The molecule has 3 rings (SSSR count). The first-order valence-electron chi connectivity index (χ1n) is 9.91. The van der Waals surface area contributed by atoms with Crippen molar-refractivity contribution in [2.75, 3.05) is 33.5 Å². The van der Waals surface area contributed by atoms with Crippen molar-refractivity contribution < 1.29 is 38.4 Å². The molecule has 2 aliphatic heterocycles. The molecular weight excluding hydrogens is 406 g/mol. The highest BCUT2D eigenvalue weighted by Gasteiger charge is 2.46. The van der Waals surface area contributed by atoms with Crippen LogP contribution in [0.25, 0.3) is 0 Å². The van der Waals surface area contributed by atoms with E-state index in [4.69, 9.17) is 24.1 Å². The predicted molar refractivity (Wildman–Crippen MR) is 108 cm³/mol. The zero-order valence-corrected chi connectivity index (χ0v) is 17.1. The molecule has 3 atom stereocenters. The molecule has 0 aliphatic carbocycles. The van der Waals surface area contributed by atoms with Gasteiger partial charge in [-0.3, -0.25) is 9.59 Å². The summed E-state index contributed by atoms with van der Waals surface area (Å²) in [6.45, 7) is 0.550. The quantitative estimate of drug-likeness (QED) is 0.586. The summed E-state index contributed by atoms with van der Waals surface area (Å²) in [5.74, 6) is -0.772. The van der Waals surface area contributed by atoms with E-state index in [0.717, 1.165) is 10.5 Å². The molecule has 2 aliphatic rings. The fraction of sp³-hybridized carbons (Fsp3) is 0.409. The molecule has 9 heteroatoms. The summed E-state index contributed by atoms with van der Waals surface area (Å²) >= 11 is 0. The SMILES string of the molecule is COC(C(=O)N1C(=O)OCC1c1ccccc1)C1OC(=CCCOCCO)C=CC1=O. The number of ketones is 1. The lowest BCUT2D eigenvalue weighted by Gasteiger charge is -2.30. The molecule has 3 unspecified atom stereocenters. The Morgan fingerprint density at radius 1 is 1.26 bits per heavy atom. The maximum absolute atomic E-state index is 13.2. The van der Waals surface area contributed by atoms with Gasteiger partial charge >= 0.3 is 6.09 Å². The molecule has 0 bridgehead atoms. The summed E-state index contributed by atoms with van der Waals surface area (Å²) in [6.07, 6.45) is 1.64. The van der Waals surface area contributed by atoms with Crippen LogP contribution in [0, 0.1) is 0 Å². The Labute approximate surface area is 179 Å². The van der Waals surface area contributed by atoms with Crippen molar-refractivity contribution in [3.63, 3.8) is 0 Å². The number of ether oxygens (including phenoxy) is 4. The summed E-state index contributed by atoms with van der Waals surface area (Å²) in [6, 6.07) is 8.39. The summed E-state index contributed by atoms with van der Waals surface area (Å²) in [7, 11) is 1.28. The van der Waals surface area contributed by atoms with Crippen molar-refractivity contribution in [1.82, 2.24) is 4.90 Å². The van der Waals surface area contributed by atoms with Crippen LogP contribution in [0.1, 0.15) is 18.0 Å². The highest BCUT2D eigenvalue weighted by atomic mass is 16.6. The van der Waals surface area contributed by atoms with Gasteiger partial charge in [-0.25, -0.2) is 9.69 Å². The van der Waals surface area contributed by atoms with Gasteiger partial charge in [0.25, 0.3) is 5.91 Å². The van der Waals surface area contributed by atoms with Crippen LogP contribution in [-0.2, 0) is 28.5 Å². The summed E-state index contributed by atoms with van der Waals surface area (Å²) in [4.78, 5) is 39.0. The molecule has 1 saturated heterocycles. The van der Waals surface area contributed by atoms with Gasteiger partial charge in [0.15, 0.2) is 18.0 Å². The van der Waals surface area contributed by atoms with Gasteiger partial charge < -0.3 is 24.1 Å². The topological polar surface area (TPSA) is 112 Å². The first-order chi connectivity index (χ1) is 15.1. The van der Waals surface area contributed by atoms with E-state index in [1.807, 2.05) is 6.07 Å². The largest absolute Gasteiger partial charge is 0.479 e. The van der Waals surface area contributed by atoms with Gasteiger partial charge in [0, 0.05) is 7.11 Å². The summed E-state index contributed by atoms with van der Waals surface area (Å²) in [5, 5.41) is 8.72. The van der Waals surface area contributed by atoms with Crippen LogP contribution in [0.4, 0.5) is 4.79 Å². The first kappa shape index (κ1) is 22.7. The Morgan fingerprint density at radius 3 is 2.74 bits per heavy atom. The third-order valence-electron chi connectivity index (χ3n) is 4.87. The van der Waals surface area contributed by atoms with Crippen LogP contribution >= 0.6 is 0 Å². The van der Waals surface area contributed by atoms with E-state index >= 15 is 0 Å². The smallest absolute Gasteiger partial charge is 0.417 e. The normalized spacial score (nSPS) is 23.0. The van der Waals surface area contributed by atoms with E-state index in [2.05, 4.69) is 0 Å². The minimum Gasteiger partial charge on any atom is -0.479 e. The van der Waals surface area contributed by atoms with Crippen molar-refractivity contribution in [3.8, 4) is 0 Å². The van der Waals surface area contributed by atoms with Crippen molar-refractivity contribution in [3.05, 3.63) is 59.9 Å². The van der Waals surface area contributed by atoms with Gasteiger partial charge in [-0.1, -0.05) is 30.3 Å². The minimum absolute atomic E-state index is 0.0172. The molecule has 9 nitrogen and oxygen atoms in total. The Bertz CT molecular complexity index is 850. The highest BCUT2D eigenvalue weighted by Crippen LogP contribution is 2.30. The van der Waals surface area contributed by atoms with E-state index < -0.39 is 36.0 Å². The van der Waals surface area contributed by atoms with Crippen LogP contribution in [0.3, 0.4) is 0 Å². The van der Waals surface area contributed by atoms with Gasteiger partial charge in [0.1, 0.15) is 18.4 Å². The fourth-order valence-corrected chi connectivity index (χ4v) is 3.36. The van der Waals surface area contributed by atoms with Crippen LogP contribution in [0.5, 0.6) is 0 Å². The zero-order valence-electron chi connectivity index (χ0n) is 17.1. The number of rotatable bonds is 9. The van der Waals surface area contributed by atoms with E-state index in [9.17, 15) is 14.4 Å². The molecule has 0 saturated carbocycles. The van der Waals surface area contributed by atoms with E-state index in [1.165, 1.54) is 19.3 Å². The second-order valence-electron chi connectivity index (χ2n) is 6.87. The molecular formula is C22H25NO8. The molecule has 1 N–H and O–H groups in total. The molecule has 1 aromatic carbocycles. The highest BCUT2D eigenvalue weighted by molar-refractivity contribution is 6.03. The number of carbonyl (C=O) groups is 3. The standard InChI is InChI=1S/C22H25NO8/c1-28-20(19-18(25)10-9-16(31-19)8-5-12-29-13-11-24)21(26)23-17(14-30-22(23)27)15-6-3-2-4-7-15/h2-4,6-10,17,19-20,24H,5,11-14H2,1H3. The predicted octanol–water partition coefficient (Wildman–Crippen LogP) is 1.53. The maximum atomic E-state index is 13.2. The monoisotopic (exact) mass is 431 g/mol. The third-order valence-corrected chi connectivity index (χ3v) is 4.87. The molecule has 0 spiro atoms. The molecule has 0 aromatic heterocycles. The van der Waals surface area contributed by atoms with E-state index in [1.54, 1.807) is 30.3 Å². The van der Waals surface area contributed by atoms with Gasteiger partial charge in [-0.05, 0) is 30.2 Å². The van der Waals surface area contributed by atoms with Crippen LogP contribution < -0.4 is 0 Å². The van der Waals surface area contributed by atoms with Crippen molar-refractivity contribution in [2.45, 2.75) is 24.7 Å². The molecule has 2 heterocycles. The average molecular weight is 431 g/mol. The van der Waals surface area contributed by atoms with Crippen LogP contribution in [0.15, 0.2) is 54.3 Å². The van der Waals surface area contributed by atoms with Crippen molar-refractivity contribution >= 4 is 17.8 Å². The third kappa shape index (κ3) is 5.38. The second-order valence-corrected chi connectivity index (χ2v) is 6.87. The number of amides is 2. The fourth-order valence-electron chi connectivity index (χ4n) is 3.36. The maximum Gasteiger partial charge on any atom is 0.417 e. The molecule has 0 radical (unpaired) electrons. The number of cyclic esters (lactones) is 1. The van der Waals surface area contributed by atoms with E-state index in [-0.39, 0.29) is 19.8 Å². The molecule has 2 amide bonds. The summed E-state index contributed by atoms with van der Waals surface area (Å²) in [5.41, 5.74) is 0.732. The Morgan fingerprint density at radius 2 is 2.03 bits per heavy atom. The number of hydrogen-bond acceptors (Lipinski definition) is 8. The van der Waals surface area contributed by atoms with Crippen molar-refractivity contribution in [2.24, 2.45) is 0 Å².